The number of aromatic nitrogens is 2. The number of benzene rings is 1. The van der Waals surface area contributed by atoms with E-state index in [4.69, 9.17) is 21.4 Å². The van der Waals surface area contributed by atoms with Gasteiger partial charge in [0.05, 0.1) is 33.3 Å². The number of amides is 1. The first kappa shape index (κ1) is 21.9. The lowest BCUT2D eigenvalue weighted by atomic mass is 10.1. The Labute approximate surface area is 165 Å². The Hall–Kier alpha value is -2.40. The lowest BCUT2D eigenvalue weighted by molar-refractivity contribution is -0.154. The normalized spacial score (nSPS) is 11.7. The van der Waals surface area contributed by atoms with Gasteiger partial charge in [0.1, 0.15) is 5.75 Å². The zero-order valence-electron chi connectivity index (χ0n) is 15.7. The van der Waals surface area contributed by atoms with Crippen LogP contribution in [0.1, 0.15) is 11.5 Å². The van der Waals surface area contributed by atoms with Crippen LogP contribution in [0, 0.1) is 4.84 Å². The molecule has 0 radical (unpaired) electrons. The van der Waals surface area contributed by atoms with Gasteiger partial charge < -0.3 is 14.1 Å². The summed E-state index contributed by atoms with van der Waals surface area (Å²) in [5, 5.41) is 4.15. The summed E-state index contributed by atoms with van der Waals surface area (Å²) in [7, 11) is 4.51. The molecule has 0 aliphatic heterocycles. The van der Waals surface area contributed by atoms with Gasteiger partial charge in [-0.05, 0) is 29.9 Å². The summed E-state index contributed by atoms with van der Waals surface area (Å²) >= 11 is 5.06. The highest BCUT2D eigenvalue weighted by atomic mass is 32.1. The van der Waals surface area contributed by atoms with Crippen LogP contribution in [0.5, 0.6) is 5.75 Å². The molecular formula is C17H21F3N4O3S. The van der Waals surface area contributed by atoms with Crippen LogP contribution < -0.4 is 4.74 Å². The molecule has 0 fully saturated rings. The van der Waals surface area contributed by atoms with E-state index in [2.05, 4.69) is 5.10 Å². The third-order valence-electron chi connectivity index (χ3n) is 3.76. The molecule has 2 aromatic rings. The molecule has 0 atom stereocenters. The summed E-state index contributed by atoms with van der Waals surface area (Å²) in [5.41, 5.74) is 0.874. The van der Waals surface area contributed by atoms with Gasteiger partial charge in [-0.25, -0.2) is 4.68 Å². The highest BCUT2D eigenvalue weighted by molar-refractivity contribution is 7.71. The molecule has 0 saturated carbocycles. The summed E-state index contributed by atoms with van der Waals surface area (Å²) in [6.07, 6.45) is -4.15. The van der Waals surface area contributed by atoms with Crippen LogP contribution in [0.2, 0.25) is 0 Å². The number of nitrogens with zero attached hydrogens (tertiary/aromatic N) is 4. The molecule has 2 rings (SSSR count). The summed E-state index contributed by atoms with van der Waals surface area (Å²) in [6, 6.07) is 7.20. The van der Waals surface area contributed by atoms with Crippen molar-refractivity contribution in [1.29, 1.82) is 0 Å². The van der Waals surface area contributed by atoms with Crippen LogP contribution in [0.4, 0.5) is 13.2 Å². The fraction of sp³-hybridized carbons (Fsp3) is 0.471. The van der Waals surface area contributed by atoms with Crippen LogP contribution in [-0.2, 0) is 17.9 Å². The number of hydrogen-bond donors (Lipinski definition) is 0. The Morgan fingerprint density at radius 2 is 1.93 bits per heavy atom. The average Bonchev–Trinajstić information content (AvgIpc) is 2.93. The number of alkyl halides is 3. The Morgan fingerprint density at radius 3 is 2.46 bits per heavy atom. The average molecular weight is 418 g/mol. The molecule has 1 aromatic carbocycles. The van der Waals surface area contributed by atoms with Crippen LogP contribution in [0.15, 0.2) is 28.7 Å². The molecule has 0 saturated heterocycles. The molecule has 7 nitrogen and oxygen atoms in total. The second-order valence-electron chi connectivity index (χ2n) is 6.32. The van der Waals surface area contributed by atoms with E-state index in [0.717, 1.165) is 15.1 Å². The predicted molar refractivity (Wildman–Crippen MR) is 97.4 cm³/mol. The third-order valence-corrected chi connectivity index (χ3v) is 4.05. The second-order valence-corrected chi connectivity index (χ2v) is 6.67. The van der Waals surface area contributed by atoms with Gasteiger partial charge in [-0.1, -0.05) is 12.1 Å². The minimum atomic E-state index is -4.47. The minimum absolute atomic E-state index is 0.0620. The van der Waals surface area contributed by atoms with Crippen molar-refractivity contribution in [2.24, 2.45) is 0 Å². The topological polar surface area (TPSA) is 63.7 Å². The monoisotopic (exact) mass is 418 g/mol. The number of rotatable bonds is 8. The van der Waals surface area contributed by atoms with E-state index < -0.39 is 25.2 Å². The standard InChI is InChI=1S/C17H21F3N4O3S/c1-22(2)15(25)9-23(10-17(18,19)20)11-24-16(28)27-14(21-24)8-12-4-6-13(26-3)7-5-12/h4-7H,8-11H2,1-3H3. The fourth-order valence-electron chi connectivity index (χ4n) is 2.36. The maximum Gasteiger partial charge on any atom is 0.401 e. The van der Waals surface area contributed by atoms with E-state index >= 15 is 0 Å². The smallest absolute Gasteiger partial charge is 0.401 e. The summed E-state index contributed by atoms with van der Waals surface area (Å²) in [5.74, 6) is 0.502. The molecule has 0 aliphatic rings. The largest absolute Gasteiger partial charge is 0.497 e. The predicted octanol–water partition coefficient (Wildman–Crippen LogP) is 2.71. The van der Waals surface area contributed by atoms with Crippen LogP contribution in [0.25, 0.3) is 0 Å². The Balaban J connectivity index is 2.13. The SMILES string of the molecule is COc1ccc(Cc2nn(CN(CC(=O)N(C)C)CC(F)(F)F)c(=S)o2)cc1. The Kier molecular flexibility index (Phi) is 7.19. The summed E-state index contributed by atoms with van der Waals surface area (Å²) < 4.78 is 50.2. The van der Waals surface area contributed by atoms with E-state index in [1.54, 1.807) is 19.2 Å². The van der Waals surface area contributed by atoms with Crippen LogP contribution >= 0.6 is 12.2 Å². The van der Waals surface area contributed by atoms with Gasteiger partial charge in [0.15, 0.2) is 0 Å². The van der Waals surface area contributed by atoms with Crippen molar-refractivity contribution in [3.8, 4) is 5.75 Å². The van der Waals surface area contributed by atoms with E-state index in [-0.39, 0.29) is 17.4 Å². The number of carbonyl (C=O) groups is 1. The molecular weight excluding hydrogens is 397 g/mol. The molecule has 0 spiro atoms. The van der Waals surface area contributed by atoms with E-state index in [1.807, 2.05) is 12.1 Å². The first-order valence-electron chi connectivity index (χ1n) is 8.26. The number of ether oxygens (including phenoxy) is 1. The van der Waals surface area contributed by atoms with Gasteiger partial charge in [0.25, 0.3) is 4.84 Å². The lowest BCUT2D eigenvalue weighted by Gasteiger charge is -2.23. The van der Waals surface area contributed by atoms with Gasteiger partial charge in [-0.3, -0.25) is 9.69 Å². The molecule has 11 heteroatoms. The molecule has 0 aliphatic carbocycles. The van der Waals surface area contributed by atoms with Gasteiger partial charge in [0, 0.05) is 14.1 Å². The molecule has 1 amide bonds. The van der Waals surface area contributed by atoms with Crippen molar-refractivity contribution in [1.82, 2.24) is 19.6 Å². The van der Waals surface area contributed by atoms with Crippen LogP contribution in [-0.4, -0.2) is 66.0 Å². The number of halogens is 3. The number of likely N-dealkylation sites (N-methyl/N-ethyl adjacent to an activating group) is 1. The van der Waals surface area contributed by atoms with E-state index in [1.165, 1.54) is 19.0 Å². The molecule has 0 unspecified atom stereocenters. The lowest BCUT2D eigenvalue weighted by Crippen LogP contribution is -2.42. The molecule has 0 N–H and O–H groups in total. The van der Waals surface area contributed by atoms with Crippen molar-refractivity contribution in [3.05, 3.63) is 40.6 Å². The van der Waals surface area contributed by atoms with Crippen LogP contribution in [0.3, 0.4) is 0 Å². The minimum Gasteiger partial charge on any atom is -0.497 e. The zero-order valence-corrected chi connectivity index (χ0v) is 16.5. The second kappa shape index (κ2) is 9.20. The van der Waals surface area contributed by atoms with Crippen molar-refractivity contribution in [2.75, 3.05) is 34.3 Å². The van der Waals surface area contributed by atoms with Gasteiger partial charge in [-0.15, -0.1) is 5.10 Å². The van der Waals surface area contributed by atoms with Gasteiger partial charge in [0.2, 0.25) is 11.8 Å². The van der Waals surface area contributed by atoms with Crippen molar-refractivity contribution >= 4 is 18.1 Å². The Bertz CT molecular complexity index is 847. The molecule has 1 aromatic heterocycles. The number of hydrogen-bond acceptors (Lipinski definition) is 6. The highest BCUT2D eigenvalue weighted by Gasteiger charge is 2.32. The maximum atomic E-state index is 12.9. The third kappa shape index (κ3) is 6.64. The van der Waals surface area contributed by atoms with Gasteiger partial charge in [-0.2, -0.15) is 13.2 Å². The van der Waals surface area contributed by atoms with Crippen molar-refractivity contribution in [2.45, 2.75) is 19.3 Å². The summed E-state index contributed by atoms with van der Waals surface area (Å²) in [4.78, 5) is 13.9. The highest BCUT2D eigenvalue weighted by Crippen LogP contribution is 2.18. The van der Waals surface area contributed by atoms with Gasteiger partial charge >= 0.3 is 6.18 Å². The number of carbonyl (C=O) groups excluding carboxylic acids is 1. The molecule has 28 heavy (non-hydrogen) atoms. The fourth-order valence-corrected chi connectivity index (χ4v) is 2.55. The van der Waals surface area contributed by atoms with Crippen molar-refractivity contribution in [3.63, 3.8) is 0 Å². The first-order valence-corrected chi connectivity index (χ1v) is 8.67. The number of methoxy groups -OCH3 is 1. The van der Waals surface area contributed by atoms with E-state index in [9.17, 15) is 18.0 Å². The summed E-state index contributed by atoms with van der Waals surface area (Å²) in [6.45, 7) is -2.01. The first-order chi connectivity index (χ1) is 13.1. The van der Waals surface area contributed by atoms with E-state index in [0.29, 0.717) is 12.2 Å². The maximum absolute atomic E-state index is 12.9. The zero-order chi connectivity index (χ0) is 20.9. The molecule has 154 valence electrons. The van der Waals surface area contributed by atoms with Crippen molar-refractivity contribution < 1.29 is 27.1 Å². The molecule has 0 bridgehead atoms. The molecule has 1 heterocycles. The Morgan fingerprint density at radius 1 is 1.29 bits per heavy atom. The quantitative estimate of drug-likeness (QED) is 0.615.